The summed E-state index contributed by atoms with van der Waals surface area (Å²) in [6.07, 6.45) is 7.35. The molecular formula is C14H18N6O. The van der Waals surface area contributed by atoms with Gasteiger partial charge in [0.15, 0.2) is 0 Å². The van der Waals surface area contributed by atoms with Crippen molar-refractivity contribution in [3.05, 3.63) is 30.0 Å². The van der Waals surface area contributed by atoms with Crippen LogP contribution in [0, 0.1) is 17.2 Å². The molecule has 21 heavy (non-hydrogen) atoms. The predicted octanol–water partition coefficient (Wildman–Crippen LogP) is 1.59. The van der Waals surface area contributed by atoms with Crippen molar-refractivity contribution in [2.75, 3.05) is 18.5 Å². The molecule has 0 bridgehead atoms. The number of aryl methyl sites for hydroxylation is 1. The summed E-state index contributed by atoms with van der Waals surface area (Å²) in [6.45, 7) is 1.48. The second-order valence-electron chi connectivity index (χ2n) is 5.24. The minimum absolute atomic E-state index is 0.0142. The van der Waals surface area contributed by atoms with Crippen molar-refractivity contribution >= 4 is 5.82 Å². The monoisotopic (exact) mass is 286 g/mol. The highest BCUT2D eigenvalue weighted by atomic mass is 16.5. The van der Waals surface area contributed by atoms with Crippen LogP contribution in [0.4, 0.5) is 5.82 Å². The van der Waals surface area contributed by atoms with Crippen LogP contribution in [0.3, 0.4) is 0 Å². The Kier molecular flexibility index (Phi) is 3.88. The van der Waals surface area contributed by atoms with E-state index >= 15 is 0 Å². The molecule has 2 aromatic rings. The van der Waals surface area contributed by atoms with Crippen LogP contribution < -0.4 is 5.32 Å². The maximum absolute atomic E-state index is 8.99. The second-order valence-corrected chi connectivity index (χ2v) is 5.24. The van der Waals surface area contributed by atoms with Crippen molar-refractivity contribution in [1.29, 1.82) is 5.26 Å². The number of rotatable bonds is 4. The zero-order valence-electron chi connectivity index (χ0n) is 11.9. The number of hydrogen-bond acceptors (Lipinski definition) is 5. The lowest BCUT2D eigenvalue weighted by Gasteiger charge is -2.31. The van der Waals surface area contributed by atoms with Gasteiger partial charge in [-0.1, -0.05) is 0 Å². The van der Waals surface area contributed by atoms with E-state index in [4.69, 9.17) is 10.00 Å². The lowest BCUT2D eigenvalue weighted by molar-refractivity contribution is -0.0305. The van der Waals surface area contributed by atoms with Crippen LogP contribution in [-0.4, -0.2) is 32.9 Å². The fraction of sp³-hybridized carbons (Fsp3) is 0.500. The molecule has 0 spiro atoms. The Bertz CT molecular complexity index is 640. The van der Waals surface area contributed by atoms with Gasteiger partial charge in [0.2, 0.25) is 0 Å². The first-order chi connectivity index (χ1) is 10.3. The highest BCUT2D eigenvalue weighted by molar-refractivity contribution is 5.50. The average molecular weight is 286 g/mol. The molecule has 7 nitrogen and oxygen atoms in total. The van der Waals surface area contributed by atoms with E-state index in [1.165, 1.54) is 6.20 Å². The van der Waals surface area contributed by atoms with Gasteiger partial charge in [-0.2, -0.15) is 10.4 Å². The highest BCUT2D eigenvalue weighted by Crippen LogP contribution is 2.32. The lowest BCUT2D eigenvalue weighted by Crippen LogP contribution is -2.30. The van der Waals surface area contributed by atoms with Gasteiger partial charge in [-0.05, 0) is 12.8 Å². The van der Waals surface area contributed by atoms with Crippen molar-refractivity contribution < 1.29 is 4.74 Å². The van der Waals surface area contributed by atoms with Gasteiger partial charge < -0.3 is 14.6 Å². The molecule has 0 aliphatic carbocycles. The fourth-order valence-corrected chi connectivity index (χ4v) is 2.73. The molecule has 1 saturated heterocycles. The number of nitriles is 1. The Morgan fingerprint density at radius 3 is 3.29 bits per heavy atom. The van der Waals surface area contributed by atoms with Crippen LogP contribution in [0.2, 0.25) is 0 Å². The molecule has 110 valence electrons. The van der Waals surface area contributed by atoms with Crippen molar-refractivity contribution in [3.8, 4) is 6.07 Å². The third-order valence-corrected chi connectivity index (χ3v) is 3.86. The Morgan fingerprint density at radius 2 is 2.52 bits per heavy atom. The molecule has 0 saturated carbocycles. The largest absolute Gasteiger partial charge is 0.370 e. The predicted molar refractivity (Wildman–Crippen MR) is 76.4 cm³/mol. The van der Waals surface area contributed by atoms with E-state index in [2.05, 4.69) is 26.6 Å². The van der Waals surface area contributed by atoms with Crippen molar-refractivity contribution in [1.82, 2.24) is 19.7 Å². The molecule has 0 unspecified atom stereocenters. The highest BCUT2D eigenvalue weighted by Gasteiger charge is 2.30. The zero-order valence-corrected chi connectivity index (χ0v) is 11.9. The molecule has 0 radical (unpaired) electrons. The molecule has 2 N–H and O–H groups in total. The van der Waals surface area contributed by atoms with E-state index in [9.17, 15) is 0 Å². The van der Waals surface area contributed by atoms with E-state index in [1.54, 1.807) is 6.20 Å². The summed E-state index contributed by atoms with van der Waals surface area (Å²) in [5, 5.41) is 19.0. The van der Waals surface area contributed by atoms with Crippen molar-refractivity contribution in [2.45, 2.75) is 18.9 Å². The second kappa shape index (κ2) is 5.97. The summed E-state index contributed by atoms with van der Waals surface area (Å²) >= 11 is 0. The van der Waals surface area contributed by atoms with Gasteiger partial charge in [0.1, 0.15) is 29.4 Å². The minimum Gasteiger partial charge on any atom is -0.370 e. The summed E-state index contributed by atoms with van der Waals surface area (Å²) in [5.74, 6) is 1.93. The maximum atomic E-state index is 8.99. The molecule has 0 amide bonds. The summed E-state index contributed by atoms with van der Waals surface area (Å²) in [4.78, 5) is 4.41. The van der Waals surface area contributed by atoms with Crippen molar-refractivity contribution in [2.24, 2.45) is 13.0 Å². The normalized spacial score (nSPS) is 21.9. The Balaban J connectivity index is 1.71. The van der Waals surface area contributed by atoms with E-state index in [-0.39, 0.29) is 6.10 Å². The number of imidazole rings is 1. The lowest BCUT2D eigenvalue weighted by atomic mass is 9.93. The molecule has 3 rings (SSSR count). The molecule has 1 aliphatic rings. The zero-order chi connectivity index (χ0) is 14.7. The van der Waals surface area contributed by atoms with E-state index < -0.39 is 0 Å². The molecule has 3 heterocycles. The molecule has 1 aliphatic heterocycles. The molecule has 7 heteroatoms. The Hall–Kier alpha value is -2.33. The molecular weight excluding hydrogens is 268 g/mol. The number of nitrogens with zero attached hydrogens (tertiary/aromatic N) is 4. The van der Waals surface area contributed by atoms with Crippen LogP contribution in [0.5, 0.6) is 0 Å². The van der Waals surface area contributed by atoms with Crippen LogP contribution in [0.1, 0.15) is 30.3 Å². The first-order valence-corrected chi connectivity index (χ1v) is 7.05. The Morgan fingerprint density at radius 1 is 1.62 bits per heavy atom. The number of anilines is 1. The number of hydrogen-bond donors (Lipinski definition) is 2. The van der Waals surface area contributed by atoms with Crippen LogP contribution in [-0.2, 0) is 11.8 Å². The van der Waals surface area contributed by atoms with Gasteiger partial charge >= 0.3 is 0 Å². The van der Waals surface area contributed by atoms with Gasteiger partial charge in [0, 0.05) is 38.5 Å². The first-order valence-electron chi connectivity index (χ1n) is 7.05. The van der Waals surface area contributed by atoms with Gasteiger partial charge in [-0.15, -0.1) is 0 Å². The minimum atomic E-state index is -0.0142. The van der Waals surface area contributed by atoms with Crippen molar-refractivity contribution in [3.63, 3.8) is 0 Å². The third kappa shape index (κ3) is 2.76. The summed E-state index contributed by atoms with van der Waals surface area (Å²) in [6, 6.07) is 2.11. The summed E-state index contributed by atoms with van der Waals surface area (Å²) in [7, 11) is 1.98. The summed E-state index contributed by atoms with van der Waals surface area (Å²) < 4.78 is 7.93. The quantitative estimate of drug-likeness (QED) is 0.890. The standard InChI is InChI=1S/C14H18N6O/c1-20-5-4-16-14(20)12-10(3-2-6-21-12)8-17-13-11(7-15)9-18-19-13/h4-5,9-10,12H,2-3,6,8H2,1H3,(H2,17,18,19)/t10-,12+/m0/s1. The number of ether oxygens (including phenoxy) is 1. The van der Waals surface area contributed by atoms with Crippen LogP contribution in [0.25, 0.3) is 0 Å². The van der Waals surface area contributed by atoms with Gasteiger partial charge in [-0.3, -0.25) is 5.10 Å². The SMILES string of the molecule is Cn1ccnc1[C@@H]1OCCC[C@H]1CNc1[nH]ncc1C#N. The smallest absolute Gasteiger partial charge is 0.139 e. The Labute approximate surface area is 122 Å². The first kappa shape index (κ1) is 13.6. The van der Waals surface area contributed by atoms with Gasteiger partial charge in [0.05, 0.1) is 6.20 Å². The summed E-state index contributed by atoms with van der Waals surface area (Å²) in [5.41, 5.74) is 0.528. The van der Waals surface area contributed by atoms with Gasteiger partial charge in [0.25, 0.3) is 0 Å². The fourth-order valence-electron chi connectivity index (χ4n) is 2.73. The van der Waals surface area contributed by atoms with Gasteiger partial charge in [-0.25, -0.2) is 4.98 Å². The molecule has 1 fully saturated rings. The van der Waals surface area contributed by atoms with Crippen LogP contribution >= 0.6 is 0 Å². The third-order valence-electron chi connectivity index (χ3n) is 3.86. The van der Waals surface area contributed by atoms with E-state index in [0.717, 1.165) is 25.3 Å². The van der Waals surface area contributed by atoms with E-state index in [1.807, 2.05) is 17.8 Å². The average Bonchev–Trinajstić information content (AvgIpc) is 3.13. The maximum Gasteiger partial charge on any atom is 0.139 e. The molecule has 2 aromatic heterocycles. The molecule has 0 aromatic carbocycles. The number of nitrogens with one attached hydrogen (secondary N) is 2. The number of aromatic nitrogens is 4. The van der Waals surface area contributed by atoms with E-state index in [0.29, 0.717) is 23.8 Å². The number of H-pyrrole nitrogens is 1. The van der Waals surface area contributed by atoms with Crippen LogP contribution in [0.15, 0.2) is 18.6 Å². The number of aromatic amines is 1. The topological polar surface area (TPSA) is 91.5 Å². The molecule has 2 atom stereocenters.